The molecule has 17 heavy (non-hydrogen) atoms. The maximum absolute atomic E-state index is 11.7. The number of esters is 1. The Morgan fingerprint density at radius 1 is 1.41 bits per heavy atom. The molecule has 3 atom stereocenters. The molecule has 4 aliphatic rings. The molecule has 0 radical (unpaired) electrons. The Kier molecular flexibility index (Phi) is 1.88. The standard InChI is InChI=1S/C14H17NO2/c16-13-8-11-10-4-3-6-14(11,17-13)12-5-1-2-7-15(12)9-10/h3-4,8,10,12H,1-2,5-7,9H2/t10-,12-,14+/m1/s1. The average molecular weight is 231 g/mol. The van der Waals surface area contributed by atoms with Gasteiger partial charge in [-0.3, -0.25) is 4.90 Å². The van der Waals surface area contributed by atoms with Crippen LogP contribution in [0, 0.1) is 5.92 Å². The van der Waals surface area contributed by atoms with Crippen LogP contribution in [0.4, 0.5) is 0 Å². The number of rotatable bonds is 0. The smallest absolute Gasteiger partial charge is 0.331 e. The number of carbonyl (C=O) groups excluding carboxylic acids is 1. The van der Waals surface area contributed by atoms with Gasteiger partial charge in [-0.2, -0.15) is 0 Å². The van der Waals surface area contributed by atoms with Crippen molar-refractivity contribution >= 4 is 5.97 Å². The minimum absolute atomic E-state index is 0.124. The zero-order valence-corrected chi connectivity index (χ0v) is 9.89. The summed E-state index contributed by atoms with van der Waals surface area (Å²) in [5.74, 6) is 0.283. The molecule has 4 rings (SSSR count). The molecule has 2 bridgehead atoms. The van der Waals surface area contributed by atoms with Gasteiger partial charge in [0.25, 0.3) is 0 Å². The molecule has 1 aliphatic carbocycles. The summed E-state index contributed by atoms with van der Waals surface area (Å²) in [4.78, 5) is 14.2. The van der Waals surface area contributed by atoms with Crippen LogP contribution in [0.3, 0.4) is 0 Å². The lowest BCUT2D eigenvalue weighted by molar-refractivity contribution is -0.157. The number of hydrogen-bond acceptors (Lipinski definition) is 3. The molecule has 3 heterocycles. The highest BCUT2D eigenvalue weighted by atomic mass is 16.6. The highest BCUT2D eigenvalue weighted by Gasteiger charge is 2.57. The van der Waals surface area contributed by atoms with Gasteiger partial charge in [0.05, 0.1) is 6.04 Å². The van der Waals surface area contributed by atoms with Crippen molar-refractivity contribution in [3.05, 3.63) is 23.8 Å². The van der Waals surface area contributed by atoms with Crippen molar-refractivity contribution in [2.24, 2.45) is 5.92 Å². The maximum atomic E-state index is 11.7. The highest BCUT2D eigenvalue weighted by Crippen LogP contribution is 2.50. The van der Waals surface area contributed by atoms with Crippen molar-refractivity contribution < 1.29 is 9.53 Å². The lowest BCUT2D eigenvalue weighted by Gasteiger charge is -2.53. The lowest BCUT2D eigenvalue weighted by Crippen LogP contribution is -2.62. The zero-order chi connectivity index (χ0) is 11.5. The molecule has 0 saturated carbocycles. The third-order valence-corrected chi connectivity index (χ3v) is 4.82. The molecule has 90 valence electrons. The second-order valence-corrected chi connectivity index (χ2v) is 5.66. The van der Waals surface area contributed by atoms with E-state index < -0.39 is 0 Å². The quantitative estimate of drug-likeness (QED) is 0.469. The van der Waals surface area contributed by atoms with Crippen LogP contribution in [0.2, 0.25) is 0 Å². The van der Waals surface area contributed by atoms with Crippen molar-refractivity contribution in [1.29, 1.82) is 0 Å². The molecule has 0 amide bonds. The van der Waals surface area contributed by atoms with Gasteiger partial charge in [-0.15, -0.1) is 0 Å². The van der Waals surface area contributed by atoms with Crippen LogP contribution in [0.25, 0.3) is 0 Å². The molecule has 0 spiro atoms. The normalized spacial score (nSPS) is 43.8. The molecule has 0 aromatic rings. The molecule has 3 aliphatic heterocycles. The van der Waals surface area contributed by atoms with E-state index in [0.717, 1.165) is 13.0 Å². The minimum Gasteiger partial charge on any atom is -0.449 e. The van der Waals surface area contributed by atoms with Crippen LogP contribution in [-0.2, 0) is 9.53 Å². The summed E-state index contributed by atoms with van der Waals surface area (Å²) in [5, 5.41) is 0. The number of fused-ring (bicyclic) bond motifs is 1. The Hall–Kier alpha value is -1.09. The molecular weight excluding hydrogens is 214 g/mol. The molecule has 0 aromatic carbocycles. The number of carbonyl (C=O) groups is 1. The predicted octanol–water partition coefficient (Wildman–Crippen LogP) is 1.65. The van der Waals surface area contributed by atoms with Crippen molar-refractivity contribution in [1.82, 2.24) is 4.90 Å². The first-order chi connectivity index (χ1) is 8.29. The Balaban J connectivity index is 1.83. The second-order valence-electron chi connectivity index (χ2n) is 5.66. The largest absolute Gasteiger partial charge is 0.449 e. The third kappa shape index (κ3) is 1.18. The number of piperidine rings is 2. The summed E-state index contributed by atoms with van der Waals surface area (Å²) in [6.45, 7) is 2.24. The molecule has 3 heteroatoms. The van der Waals surface area contributed by atoms with Crippen LogP contribution in [0.1, 0.15) is 25.7 Å². The Morgan fingerprint density at radius 2 is 2.35 bits per heavy atom. The molecule has 0 N–H and O–H groups in total. The molecule has 0 aromatic heterocycles. The van der Waals surface area contributed by atoms with Crippen molar-refractivity contribution in [3.8, 4) is 0 Å². The van der Waals surface area contributed by atoms with E-state index in [2.05, 4.69) is 17.1 Å². The first-order valence-electron chi connectivity index (χ1n) is 6.65. The van der Waals surface area contributed by atoms with Gasteiger partial charge in [0.1, 0.15) is 0 Å². The predicted molar refractivity (Wildman–Crippen MR) is 63.4 cm³/mol. The van der Waals surface area contributed by atoms with Gasteiger partial charge in [0, 0.05) is 25.0 Å². The Labute approximate surface area is 101 Å². The summed E-state index contributed by atoms with van der Waals surface area (Å²) >= 11 is 0. The SMILES string of the molecule is O=C1C=C2[C@@H]3C=CC[C@@]2(O1)[C@H]1CCCCN1C3. The fraction of sp³-hybridized carbons (Fsp3) is 0.643. The Morgan fingerprint density at radius 3 is 3.29 bits per heavy atom. The van der Waals surface area contributed by atoms with E-state index in [1.54, 1.807) is 6.08 Å². The maximum Gasteiger partial charge on any atom is 0.331 e. The van der Waals surface area contributed by atoms with Gasteiger partial charge >= 0.3 is 5.97 Å². The molecule has 2 fully saturated rings. The minimum atomic E-state index is -0.296. The molecular formula is C14H17NO2. The lowest BCUT2D eigenvalue weighted by atomic mass is 9.68. The van der Waals surface area contributed by atoms with Crippen LogP contribution in [0.5, 0.6) is 0 Å². The van der Waals surface area contributed by atoms with Gasteiger partial charge < -0.3 is 4.74 Å². The summed E-state index contributed by atoms with van der Waals surface area (Å²) < 4.78 is 5.77. The molecule has 3 nitrogen and oxygen atoms in total. The first-order valence-corrected chi connectivity index (χ1v) is 6.65. The number of ether oxygens (including phenoxy) is 1. The van der Waals surface area contributed by atoms with E-state index in [4.69, 9.17) is 4.74 Å². The summed E-state index contributed by atoms with van der Waals surface area (Å²) in [6, 6.07) is 0.426. The van der Waals surface area contributed by atoms with E-state index in [1.807, 2.05) is 0 Å². The third-order valence-electron chi connectivity index (χ3n) is 4.82. The van der Waals surface area contributed by atoms with Gasteiger partial charge in [-0.05, 0) is 25.0 Å². The second kappa shape index (κ2) is 3.22. The monoisotopic (exact) mass is 231 g/mol. The van der Waals surface area contributed by atoms with Crippen molar-refractivity contribution in [2.75, 3.05) is 13.1 Å². The summed E-state index contributed by atoms with van der Waals surface area (Å²) in [5.41, 5.74) is 0.961. The zero-order valence-electron chi connectivity index (χ0n) is 9.89. The van der Waals surface area contributed by atoms with Gasteiger partial charge in [0.15, 0.2) is 5.60 Å². The van der Waals surface area contributed by atoms with E-state index in [1.165, 1.54) is 31.4 Å². The fourth-order valence-corrected chi connectivity index (χ4v) is 4.15. The van der Waals surface area contributed by atoms with Gasteiger partial charge in [0.2, 0.25) is 0 Å². The van der Waals surface area contributed by atoms with Gasteiger partial charge in [-0.25, -0.2) is 4.79 Å². The number of hydrogen-bond donors (Lipinski definition) is 0. The fourth-order valence-electron chi connectivity index (χ4n) is 4.15. The van der Waals surface area contributed by atoms with E-state index in [9.17, 15) is 4.79 Å². The first kappa shape index (κ1) is 9.89. The molecule has 2 saturated heterocycles. The van der Waals surface area contributed by atoms with Gasteiger partial charge in [-0.1, -0.05) is 18.6 Å². The number of nitrogens with zero attached hydrogens (tertiary/aromatic N) is 1. The van der Waals surface area contributed by atoms with Crippen LogP contribution in [-0.4, -0.2) is 35.6 Å². The summed E-state index contributed by atoms with van der Waals surface area (Å²) in [6.07, 6.45) is 10.8. The van der Waals surface area contributed by atoms with Crippen LogP contribution in [0.15, 0.2) is 23.8 Å². The summed E-state index contributed by atoms with van der Waals surface area (Å²) in [7, 11) is 0. The topological polar surface area (TPSA) is 29.5 Å². The highest BCUT2D eigenvalue weighted by molar-refractivity contribution is 5.87. The van der Waals surface area contributed by atoms with Crippen LogP contribution >= 0.6 is 0 Å². The average Bonchev–Trinajstić information content (AvgIpc) is 2.67. The van der Waals surface area contributed by atoms with E-state index >= 15 is 0 Å². The Bertz CT molecular complexity index is 440. The van der Waals surface area contributed by atoms with E-state index in [0.29, 0.717) is 12.0 Å². The van der Waals surface area contributed by atoms with Crippen molar-refractivity contribution in [2.45, 2.75) is 37.3 Å². The van der Waals surface area contributed by atoms with E-state index in [-0.39, 0.29) is 11.6 Å². The van der Waals surface area contributed by atoms with Crippen LogP contribution < -0.4 is 0 Å². The van der Waals surface area contributed by atoms with Crippen molar-refractivity contribution in [3.63, 3.8) is 0 Å². The molecule has 0 unspecified atom stereocenters.